The number of hydrogen-bond donors (Lipinski definition) is 5. The summed E-state index contributed by atoms with van der Waals surface area (Å²) >= 11 is 0. The summed E-state index contributed by atoms with van der Waals surface area (Å²) in [7, 11) is 0. The van der Waals surface area contributed by atoms with E-state index in [9.17, 15) is 38.4 Å². The van der Waals surface area contributed by atoms with Gasteiger partial charge in [-0.2, -0.15) is 13.2 Å². The highest BCUT2D eigenvalue weighted by Gasteiger charge is 2.56. The fourth-order valence-corrected chi connectivity index (χ4v) is 9.55. The van der Waals surface area contributed by atoms with Gasteiger partial charge in [0.15, 0.2) is 6.10 Å². The molecule has 1 saturated heterocycles. The minimum Gasteiger partial charge on any atom is -0.508 e. The van der Waals surface area contributed by atoms with Gasteiger partial charge in [0.2, 0.25) is 11.8 Å². The van der Waals surface area contributed by atoms with E-state index in [1.165, 1.54) is 36.5 Å². The van der Waals surface area contributed by atoms with Gasteiger partial charge in [-0.25, -0.2) is 15.0 Å². The van der Waals surface area contributed by atoms with Crippen molar-refractivity contribution in [1.82, 2.24) is 20.3 Å². The number of alkyl halides is 3. The molecule has 12 nitrogen and oxygen atoms in total. The molecule has 0 radical (unpaired) electrons. The fourth-order valence-electron chi connectivity index (χ4n) is 9.55. The lowest BCUT2D eigenvalue weighted by Gasteiger charge is -2.53. The van der Waals surface area contributed by atoms with Gasteiger partial charge in [0, 0.05) is 12.6 Å². The molecule has 0 bridgehead atoms. The number of rotatable bonds is 10. The van der Waals surface area contributed by atoms with Crippen LogP contribution in [0.3, 0.4) is 0 Å². The third-order valence-electron chi connectivity index (χ3n) is 12.3. The van der Waals surface area contributed by atoms with Crippen LogP contribution in [0, 0.1) is 23.2 Å². The SMILES string of the molecule is C[C@H]1O[C@H](COc2cnc(C(=O)NCCCC3Cc4cc(O)ccc4C4CC[C@@]5(C)C(CC[C@@H]5O)C34)cn2)[C@H](Oc2cccc(C(F)(F)F)n2)[C@@H](O)[C@H]1O. The number of amides is 1. The molecule has 4 aliphatic rings. The topological polar surface area (TPSA) is 176 Å². The first kappa shape index (κ1) is 38.2. The molecule has 2 saturated carbocycles. The summed E-state index contributed by atoms with van der Waals surface area (Å²) in [5, 5.41) is 45.2. The number of fused-ring (bicyclic) bond motifs is 5. The molecule has 292 valence electrons. The maximum atomic E-state index is 13.2. The Kier molecular flexibility index (Phi) is 10.8. The number of carbonyl (C=O) groups is 1. The number of aliphatic hydroxyl groups is 3. The third kappa shape index (κ3) is 7.60. The lowest BCUT2D eigenvalue weighted by Crippen LogP contribution is -2.60. The number of ether oxygens (including phenoxy) is 3. The van der Waals surface area contributed by atoms with Crippen LogP contribution in [-0.2, 0) is 17.3 Å². The van der Waals surface area contributed by atoms with Crippen LogP contribution in [0.25, 0.3) is 0 Å². The van der Waals surface area contributed by atoms with Crippen molar-refractivity contribution in [3.05, 3.63) is 71.3 Å². The molecule has 3 aliphatic carbocycles. The fraction of sp³-hybridized carbons (Fsp3) is 0.590. The van der Waals surface area contributed by atoms with Crippen LogP contribution >= 0.6 is 0 Å². The number of aromatic nitrogens is 3. The van der Waals surface area contributed by atoms with E-state index in [2.05, 4.69) is 33.3 Å². The lowest BCUT2D eigenvalue weighted by atomic mass is 9.52. The van der Waals surface area contributed by atoms with Gasteiger partial charge in [0.1, 0.15) is 42.1 Å². The van der Waals surface area contributed by atoms with Gasteiger partial charge in [-0.05, 0) is 110 Å². The second-order valence-corrected chi connectivity index (χ2v) is 15.5. The van der Waals surface area contributed by atoms with E-state index in [-0.39, 0.29) is 35.4 Å². The lowest BCUT2D eigenvalue weighted by molar-refractivity contribution is -0.216. The summed E-state index contributed by atoms with van der Waals surface area (Å²) in [6.07, 6.45) is -2.28. The van der Waals surface area contributed by atoms with Gasteiger partial charge < -0.3 is 40.0 Å². The van der Waals surface area contributed by atoms with Crippen molar-refractivity contribution in [3.8, 4) is 17.5 Å². The zero-order chi connectivity index (χ0) is 38.4. The van der Waals surface area contributed by atoms with E-state index in [1.54, 1.807) is 6.07 Å². The largest absolute Gasteiger partial charge is 0.508 e. The van der Waals surface area contributed by atoms with Crippen LogP contribution in [0.1, 0.15) is 85.6 Å². The molecule has 3 aromatic rings. The summed E-state index contributed by atoms with van der Waals surface area (Å²) in [5.74, 6) is 1.09. The quantitative estimate of drug-likeness (QED) is 0.183. The number of halogens is 3. The molecule has 1 amide bonds. The Morgan fingerprint density at radius 3 is 2.63 bits per heavy atom. The average molecular weight is 757 g/mol. The van der Waals surface area contributed by atoms with E-state index in [0.717, 1.165) is 57.1 Å². The molecule has 3 heterocycles. The Hall–Kier alpha value is -4.05. The number of nitrogens with zero attached hydrogens (tertiary/aromatic N) is 3. The Morgan fingerprint density at radius 2 is 1.87 bits per heavy atom. The highest BCUT2D eigenvalue weighted by atomic mass is 19.4. The molecule has 1 aliphatic heterocycles. The zero-order valence-corrected chi connectivity index (χ0v) is 30.2. The van der Waals surface area contributed by atoms with Gasteiger partial charge >= 0.3 is 6.18 Å². The number of phenolic OH excluding ortho intramolecular Hbond substituents is 1. The number of phenols is 1. The highest BCUT2D eigenvalue weighted by Crippen LogP contribution is 2.62. The number of nitrogens with one attached hydrogen (secondary N) is 1. The van der Waals surface area contributed by atoms with E-state index < -0.39 is 54.2 Å². The Labute approximate surface area is 311 Å². The molecule has 0 spiro atoms. The first-order valence-electron chi connectivity index (χ1n) is 18.7. The van der Waals surface area contributed by atoms with E-state index in [4.69, 9.17) is 14.2 Å². The number of aromatic hydroxyl groups is 1. The number of benzene rings is 1. The van der Waals surface area contributed by atoms with Crippen LogP contribution in [-0.4, -0.2) is 91.1 Å². The Bertz CT molecular complexity index is 1800. The Balaban J connectivity index is 0.936. The summed E-state index contributed by atoms with van der Waals surface area (Å²) < 4.78 is 56.7. The number of pyridine rings is 1. The first-order valence-corrected chi connectivity index (χ1v) is 18.7. The van der Waals surface area contributed by atoms with E-state index in [1.807, 2.05) is 6.07 Å². The number of carbonyl (C=O) groups excluding carboxylic acids is 1. The normalized spacial score (nSPS) is 33.3. The van der Waals surface area contributed by atoms with Crippen LogP contribution in [0.15, 0.2) is 48.8 Å². The van der Waals surface area contributed by atoms with Crippen molar-refractivity contribution in [2.45, 2.75) is 108 Å². The summed E-state index contributed by atoms with van der Waals surface area (Å²) in [6.45, 7) is 3.93. The molecular weight excluding hydrogens is 709 g/mol. The standard InChI is InChI=1S/C39H47F3N4O8/c1-20-34(49)35(50)36(54-31-7-3-6-29(46-31)39(40,41)42)28(53-20)19-52-32-18-44-27(17-45-32)37(51)43-14-4-5-21-15-22-16-23(47)8-9-24(22)25-12-13-38(2)26(33(21)25)10-11-30(38)48/h3,6-9,16-18,20-21,25-26,28,30,33-36,47-50H,4-5,10-15,19H2,1-2H3,(H,43,51)/t20-,21?,25?,26?,28-,30+,33?,34+,35+,36+,38+/m1/s1. The summed E-state index contributed by atoms with van der Waals surface area (Å²) in [4.78, 5) is 24.8. The van der Waals surface area contributed by atoms with E-state index in [0.29, 0.717) is 30.2 Å². The molecule has 2 aromatic heterocycles. The predicted molar refractivity (Wildman–Crippen MR) is 187 cm³/mol. The Morgan fingerprint density at radius 1 is 1.06 bits per heavy atom. The second kappa shape index (κ2) is 15.2. The minimum absolute atomic E-state index is 0.0223. The van der Waals surface area contributed by atoms with Crippen LogP contribution < -0.4 is 14.8 Å². The average Bonchev–Trinajstić information content (AvgIpc) is 3.45. The summed E-state index contributed by atoms with van der Waals surface area (Å²) in [6, 6.07) is 8.85. The van der Waals surface area contributed by atoms with Crippen molar-refractivity contribution in [2.24, 2.45) is 23.2 Å². The molecule has 3 fully saturated rings. The van der Waals surface area contributed by atoms with Crippen molar-refractivity contribution in [1.29, 1.82) is 0 Å². The number of aliphatic hydroxyl groups excluding tert-OH is 3. The van der Waals surface area contributed by atoms with Gasteiger partial charge in [-0.1, -0.05) is 19.1 Å². The van der Waals surface area contributed by atoms with Crippen LogP contribution in [0.2, 0.25) is 0 Å². The summed E-state index contributed by atoms with van der Waals surface area (Å²) in [5.41, 5.74) is 1.33. The van der Waals surface area contributed by atoms with Crippen LogP contribution in [0.5, 0.6) is 17.5 Å². The molecule has 5 N–H and O–H groups in total. The van der Waals surface area contributed by atoms with Crippen molar-refractivity contribution >= 4 is 5.91 Å². The maximum Gasteiger partial charge on any atom is 0.433 e. The van der Waals surface area contributed by atoms with Gasteiger partial charge in [0.05, 0.1) is 24.6 Å². The molecule has 54 heavy (non-hydrogen) atoms. The van der Waals surface area contributed by atoms with Crippen molar-refractivity contribution in [3.63, 3.8) is 0 Å². The molecule has 7 rings (SSSR count). The predicted octanol–water partition coefficient (Wildman–Crippen LogP) is 4.58. The molecule has 11 atom stereocenters. The number of hydrogen-bond acceptors (Lipinski definition) is 11. The molecule has 4 unspecified atom stereocenters. The van der Waals surface area contributed by atoms with Crippen molar-refractivity contribution in [2.75, 3.05) is 13.2 Å². The monoisotopic (exact) mass is 756 g/mol. The zero-order valence-electron chi connectivity index (χ0n) is 30.2. The molecule has 1 aromatic carbocycles. The second-order valence-electron chi connectivity index (χ2n) is 15.5. The maximum absolute atomic E-state index is 13.2. The van der Waals surface area contributed by atoms with E-state index >= 15 is 0 Å². The third-order valence-corrected chi connectivity index (χ3v) is 12.3. The molecule has 15 heteroatoms. The van der Waals surface area contributed by atoms with Crippen LogP contribution in [0.4, 0.5) is 13.2 Å². The smallest absolute Gasteiger partial charge is 0.433 e. The first-order chi connectivity index (χ1) is 25.7. The highest BCUT2D eigenvalue weighted by molar-refractivity contribution is 5.91. The minimum atomic E-state index is -4.71. The molecular formula is C39H47F3N4O8. The van der Waals surface area contributed by atoms with Gasteiger partial charge in [0.25, 0.3) is 5.91 Å². The van der Waals surface area contributed by atoms with Crippen molar-refractivity contribution < 1.29 is 52.6 Å². The van der Waals surface area contributed by atoms with Gasteiger partial charge in [-0.3, -0.25) is 4.79 Å². The van der Waals surface area contributed by atoms with Gasteiger partial charge in [-0.15, -0.1) is 0 Å².